The maximum absolute atomic E-state index is 12.3. The van der Waals surface area contributed by atoms with E-state index in [1.54, 1.807) is 11.3 Å². The number of aryl methyl sites for hydroxylation is 1. The van der Waals surface area contributed by atoms with E-state index in [-0.39, 0.29) is 5.91 Å². The van der Waals surface area contributed by atoms with E-state index in [2.05, 4.69) is 34.3 Å². The van der Waals surface area contributed by atoms with Gasteiger partial charge in [-0.15, -0.1) is 11.3 Å². The largest absolute Gasteiger partial charge is 0.352 e. The molecule has 0 aliphatic carbocycles. The molecule has 1 aromatic carbocycles. The van der Waals surface area contributed by atoms with Crippen molar-refractivity contribution in [1.82, 2.24) is 10.3 Å². The first-order valence-corrected chi connectivity index (χ1v) is 9.66. The van der Waals surface area contributed by atoms with E-state index >= 15 is 0 Å². The maximum Gasteiger partial charge on any atom is 0.251 e. The van der Waals surface area contributed by atoms with Gasteiger partial charge in [-0.25, -0.2) is 4.98 Å². The second-order valence-electron chi connectivity index (χ2n) is 6.43. The summed E-state index contributed by atoms with van der Waals surface area (Å²) in [5.74, 6) is 0.524. The number of carbonyl (C=O) groups excluding carboxylic acids is 1. The van der Waals surface area contributed by atoms with E-state index in [1.165, 1.54) is 5.56 Å². The molecule has 1 N–H and O–H groups in total. The molecule has 0 radical (unpaired) electrons. The fourth-order valence-corrected chi connectivity index (χ4v) is 3.91. The van der Waals surface area contributed by atoms with Crippen LogP contribution in [0, 0.1) is 5.92 Å². The molecule has 1 saturated heterocycles. The highest BCUT2D eigenvalue weighted by Crippen LogP contribution is 2.24. The van der Waals surface area contributed by atoms with E-state index in [0.717, 1.165) is 56.0 Å². The first kappa shape index (κ1) is 17.0. The zero-order valence-electron chi connectivity index (χ0n) is 14.2. The Bertz CT molecular complexity index is 639. The van der Waals surface area contributed by atoms with Crippen molar-refractivity contribution in [2.45, 2.75) is 32.6 Å². The quantitative estimate of drug-likeness (QED) is 0.869. The number of rotatable bonds is 6. The van der Waals surface area contributed by atoms with Gasteiger partial charge in [0.05, 0.1) is 0 Å². The molecule has 1 aliphatic rings. The van der Waals surface area contributed by atoms with Gasteiger partial charge in [0.15, 0.2) is 5.13 Å². The molecule has 2 aromatic rings. The number of anilines is 1. The van der Waals surface area contributed by atoms with Gasteiger partial charge in [-0.3, -0.25) is 4.79 Å². The van der Waals surface area contributed by atoms with Crippen LogP contribution in [0.2, 0.25) is 0 Å². The van der Waals surface area contributed by atoms with Gasteiger partial charge in [-0.1, -0.05) is 25.5 Å². The Balaban J connectivity index is 1.50. The van der Waals surface area contributed by atoms with Crippen molar-refractivity contribution in [1.29, 1.82) is 0 Å². The lowest BCUT2D eigenvalue weighted by Gasteiger charge is -2.32. The summed E-state index contributed by atoms with van der Waals surface area (Å²) in [6.07, 6.45) is 6.37. The van der Waals surface area contributed by atoms with Crippen molar-refractivity contribution in [3.05, 3.63) is 47.0 Å². The SMILES string of the molecule is CCCc1ccc(C(=O)NC[C@@H]2CCCN(c3nccs3)C2)cc1. The molecule has 0 spiro atoms. The van der Waals surface area contributed by atoms with Crippen LogP contribution in [0.1, 0.15) is 42.1 Å². The number of piperidine rings is 1. The Morgan fingerprint density at radius 2 is 2.21 bits per heavy atom. The highest BCUT2D eigenvalue weighted by molar-refractivity contribution is 7.13. The Kier molecular flexibility index (Phi) is 5.86. The fraction of sp³-hybridized carbons (Fsp3) is 0.474. The average Bonchev–Trinajstić information content (AvgIpc) is 3.16. The molecule has 24 heavy (non-hydrogen) atoms. The molecule has 5 heteroatoms. The Labute approximate surface area is 147 Å². The number of thiazole rings is 1. The number of nitrogens with one attached hydrogen (secondary N) is 1. The molecule has 1 atom stereocenters. The standard InChI is InChI=1S/C19H25N3OS/c1-2-4-15-6-8-17(9-7-15)18(23)21-13-16-5-3-11-22(14-16)19-20-10-12-24-19/h6-10,12,16H,2-5,11,13-14H2,1H3,(H,21,23)/t16-/m0/s1. The number of amides is 1. The molecule has 0 unspecified atom stereocenters. The summed E-state index contributed by atoms with van der Waals surface area (Å²) in [4.78, 5) is 19.1. The van der Waals surface area contributed by atoms with Crippen molar-refractivity contribution < 1.29 is 4.79 Å². The number of aromatic nitrogens is 1. The van der Waals surface area contributed by atoms with Crippen LogP contribution < -0.4 is 10.2 Å². The van der Waals surface area contributed by atoms with Crippen molar-refractivity contribution >= 4 is 22.4 Å². The molecule has 1 aliphatic heterocycles. The summed E-state index contributed by atoms with van der Waals surface area (Å²) in [6.45, 7) is 4.94. The van der Waals surface area contributed by atoms with E-state index in [4.69, 9.17) is 0 Å². The van der Waals surface area contributed by atoms with Gasteiger partial charge in [0.1, 0.15) is 0 Å². The normalized spacial score (nSPS) is 17.7. The molecular weight excluding hydrogens is 318 g/mol. The average molecular weight is 343 g/mol. The maximum atomic E-state index is 12.3. The van der Waals surface area contributed by atoms with Gasteiger partial charge < -0.3 is 10.2 Å². The second kappa shape index (κ2) is 8.29. The molecule has 128 valence electrons. The zero-order valence-corrected chi connectivity index (χ0v) is 15.0. The van der Waals surface area contributed by atoms with Crippen LogP contribution in [0.3, 0.4) is 0 Å². The van der Waals surface area contributed by atoms with E-state index in [9.17, 15) is 4.79 Å². The van der Waals surface area contributed by atoms with Gasteiger partial charge in [-0.2, -0.15) is 0 Å². The highest BCUT2D eigenvalue weighted by Gasteiger charge is 2.22. The smallest absolute Gasteiger partial charge is 0.251 e. The Morgan fingerprint density at radius 3 is 2.92 bits per heavy atom. The van der Waals surface area contributed by atoms with Crippen LogP contribution in [0.4, 0.5) is 5.13 Å². The van der Waals surface area contributed by atoms with E-state index in [0.29, 0.717) is 5.92 Å². The monoisotopic (exact) mass is 343 g/mol. The van der Waals surface area contributed by atoms with Crippen molar-refractivity contribution in [2.75, 3.05) is 24.5 Å². The summed E-state index contributed by atoms with van der Waals surface area (Å²) in [7, 11) is 0. The minimum atomic E-state index is 0.0319. The van der Waals surface area contributed by atoms with Gasteiger partial charge in [-0.05, 0) is 42.9 Å². The third-order valence-corrected chi connectivity index (χ3v) is 5.35. The van der Waals surface area contributed by atoms with Gasteiger partial charge in [0.2, 0.25) is 0 Å². The Morgan fingerprint density at radius 1 is 1.38 bits per heavy atom. The van der Waals surface area contributed by atoms with Crippen LogP contribution in [-0.4, -0.2) is 30.5 Å². The van der Waals surface area contributed by atoms with Crippen LogP contribution >= 0.6 is 11.3 Å². The van der Waals surface area contributed by atoms with Crippen molar-refractivity contribution in [2.24, 2.45) is 5.92 Å². The van der Waals surface area contributed by atoms with Gasteiger partial charge in [0, 0.05) is 36.8 Å². The summed E-state index contributed by atoms with van der Waals surface area (Å²) in [5, 5.41) is 6.22. The molecule has 4 nitrogen and oxygen atoms in total. The summed E-state index contributed by atoms with van der Waals surface area (Å²) >= 11 is 1.69. The number of hydrogen-bond acceptors (Lipinski definition) is 4. The number of hydrogen-bond donors (Lipinski definition) is 1. The van der Waals surface area contributed by atoms with E-state index in [1.807, 2.05) is 23.7 Å². The predicted molar refractivity (Wildman–Crippen MR) is 99.8 cm³/mol. The van der Waals surface area contributed by atoms with Crippen LogP contribution in [0.25, 0.3) is 0 Å². The van der Waals surface area contributed by atoms with E-state index < -0.39 is 0 Å². The summed E-state index contributed by atoms with van der Waals surface area (Å²) in [6, 6.07) is 7.98. The van der Waals surface area contributed by atoms with Crippen LogP contribution in [0.15, 0.2) is 35.8 Å². The predicted octanol–water partition coefficient (Wildman–Crippen LogP) is 3.74. The molecular formula is C19H25N3OS. The molecule has 0 saturated carbocycles. The van der Waals surface area contributed by atoms with Gasteiger partial charge in [0.25, 0.3) is 5.91 Å². The summed E-state index contributed by atoms with van der Waals surface area (Å²) < 4.78 is 0. The number of nitrogens with zero attached hydrogens (tertiary/aromatic N) is 2. The lowest BCUT2D eigenvalue weighted by atomic mass is 9.98. The lowest BCUT2D eigenvalue weighted by Crippen LogP contribution is -2.41. The first-order chi connectivity index (χ1) is 11.8. The molecule has 2 heterocycles. The third kappa shape index (κ3) is 4.35. The van der Waals surface area contributed by atoms with Crippen LogP contribution in [0.5, 0.6) is 0 Å². The van der Waals surface area contributed by atoms with Gasteiger partial charge >= 0.3 is 0 Å². The fourth-order valence-electron chi connectivity index (χ4n) is 3.23. The summed E-state index contributed by atoms with van der Waals surface area (Å²) in [5.41, 5.74) is 2.04. The molecule has 0 bridgehead atoms. The highest BCUT2D eigenvalue weighted by atomic mass is 32.1. The van der Waals surface area contributed by atoms with Crippen molar-refractivity contribution in [3.63, 3.8) is 0 Å². The molecule has 1 amide bonds. The lowest BCUT2D eigenvalue weighted by molar-refractivity contribution is 0.0945. The number of benzene rings is 1. The topological polar surface area (TPSA) is 45.2 Å². The molecule has 1 fully saturated rings. The zero-order chi connectivity index (χ0) is 16.8. The van der Waals surface area contributed by atoms with Crippen LogP contribution in [-0.2, 0) is 6.42 Å². The minimum absolute atomic E-state index is 0.0319. The minimum Gasteiger partial charge on any atom is -0.352 e. The number of carbonyl (C=O) groups is 1. The molecule has 1 aromatic heterocycles. The second-order valence-corrected chi connectivity index (χ2v) is 7.30. The Hall–Kier alpha value is -1.88. The third-order valence-electron chi connectivity index (χ3n) is 4.51. The first-order valence-electron chi connectivity index (χ1n) is 8.78. The van der Waals surface area contributed by atoms with Crippen molar-refractivity contribution in [3.8, 4) is 0 Å². The molecule has 3 rings (SSSR count).